The Hall–Kier alpha value is 0.420. The lowest BCUT2D eigenvalue weighted by Gasteiger charge is -2.04. The molecule has 82 valence electrons. The summed E-state index contributed by atoms with van der Waals surface area (Å²) in [6, 6.07) is 0. The van der Waals surface area contributed by atoms with Crippen LogP contribution in [-0.2, 0) is 13.7 Å². The fourth-order valence-corrected chi connectivity index (χ4v) is 0.387. The SMILES string of the molecule is CCP(C)(=O)OC.CCP(C)(C)=O. The van der Waals surface area contributed by atoms with Crippen LogP contribution in [0.1, 0.15) is 13.8 Å². The third kappa shape index (κ3) is 15.2. The molecule has 0 amide bonds. The lowest BCUT2D eigenvalue weighted by Crippen LogP contribution is -1.82. The molecule has 0 saturated heterocycles. The van der Waals surface area contributed by atoms with Gasteiger partial charge in [-0.25, -0.2) is 0 Å². The third-order valence-corrected chi connectivity index (χ3v) is 5.17. The first-order valence-electron chi connectivity index (χ1n) is 4.34. The molecule has 0 aromatic carbocycles. The summed E-state index contributed by atoms with van der Waals surface area (Å²) in [4.78, 5) is 0. The quantitative estimate of drug-likeness (QED) is 0.696. The molecule has 0 radical (unpaired) electrons. The van der Waals surface area contributed by atoms with E-state index in [0.29, 0.717) is 6.16 Å². The molecular weight excluding hydrogens is 206 g/mol. The molecule has 0 aromatic rings. The van der Waals surface area contributed by atoms with E-state index < -0.39 is 14.5 Å². The third-order valence-electron chi connectivity index (χ3n) is 1.72. The molecule has 0 bridgehead atoms. The van der Waals surface area contributed by atoms with Crippen molar-refractivity contribution in [3.05, 3.63) is 0 Å². The summed E-state index contributed by atoms with van der Waals surface area (Å²) in [5.41, 5.74) is 0. The van der Waals surface area contributed by atoms with Gasteiger partial charge < -0.3 is 9.09 Å². The highest BCUT2D eigenvalue weighted by molar-refractivity contribution is 7.62. The van der Waals surface area contributed by atoms with Crippen molar-refractivity contribution < 1.29 is 13.7 Å². The van der Waals surface area contributed by atoms with Crippen LogP contribution in [0.4, 0.5) is 0 Å². The van der Waals surface area contributed by atoms with Gasteiger partial charge in [-0.05, 0) is 19.5 Å². The van der Waals surface area contributed by atoms with E-state index in [9.17, 15) is 9.13 Å². The molecule has 1 atom stereocenters. The van der Waals surface area contributed by atoms with Gasteiger partial charge in [0.15, 0.2) is 7.37 Å². The maximum atomic E-state index is 10.7. The predicted octanol–water partition coefficient (Wildman–Crippen LogP) is 3.19. The van der Waals surface area contributed by atoms with Gasteiger partial charge in [-0.15, -0.1) is 0 Å². The summed E-state index contributed by atoms with van der Waals surface area (Å²) < 4.78 is 26.0. The molecule has 0 N–H and O–H groups in total. The van der Waals surface area contributed by atoms with E-state index >= 15 is 0 Å². The average molecular weight is 228 g/mol. The Morgan fingerprint density at radius 3 is 1.31 bits per heavy atom. The Labute approximate surface area is 82.1 Å². The molecule has 0 aliphatic carbocycles. The maximum Gasteiger partial charge on any atom is 0.199 e. The van der Waals surface area contributed by atoms with Gasteiger partial charge in [0.25, 0.3) is 0 Å². The van der Waals surface area contributed by atoms with Gasteiger partial charge in [0.2, 0.25) is 0 Å². The van der Waals surface area contributed by atoms with Gasteiger partial charge in [0.1, 0.15) is 0 Å². The van der Waals surface area contributed by atoms with Gasteiger partial charge in [-0.3, -0.25) is 4.57 Å². The molecule has 0 heterocycles. The van der Waals surface area contributed by atoms with Crippen LogP contribution in [0.2, 0.25) is 0 Å². The lowest BCUT2D eigenvalue weighted by molar-refractivity contribution is 0.400. The number of rotatable bonds is 3. The zero-order valence-corrected chi connectivity index (χ0v) is 11.3. The van der Waals surface area contributed by atoms with E-state index in [0.717, 1.165) is 6.16 Å². The van der Waals surface area contributed by atoms with Crippen molar-refractivity contribution >= 4 is 14.5 Å². The minimum absolute atomic E-state index is 0.628. The number of hydrogen-bond donors (Lipinski definition) is 0. The van der Waals surface area contributed by atoms with Crippen LogP contribution in [0.5, 0.6) is 0 Å². The molecule has 0 rings (SSSR count). The molecule has 0 aliphatic heterocycles. The highest BCUT2D eigenvalue weighted by Crippen LogP contribution is 2.39. The summed E-state index contributed by atoms with van der Waals surface area (Å²) in [5.74, 6) is 0. The van der Waals surface area contributed by atoms with Crippen LogP contribution in [0.25, 0.3) is 0 Å². The van der Waals surface area contributed by atoms with Crippen molar-refractivity contribution in [1.82, 2.24) is 0 Å². The van der Waals surface area contributed by atoms with Crippen molar-refractivity contribution in [1.29, 1.82) is 0 Å². The van der Waals surface area contributed by atoms with Gasteiger partial charge >= 0.3 is 0 Å². The first-order chi connectivity index (χ1) is 5.68. The van der Waals surface area contributed by atoms with Crippen molar-refractivity contribution in [2.45, 2.75) is 13.8 Å². The second-order valence-electron chi connectivity index (χ2n) is 3.40. The van der Waals surface area contributed by atoms with E-state index in [4.69, 9.17) is 0 Å². The number of hydrogen-bond acceptors (Lipinski definition) is 3. The molecule has 0 fully saturated rings. The molecule has 13 heavy (non-hydrogen) atoms. The molecule has 3 nitrogen and oxygen atoms in total. The summed E-state index contributed by atoms with van der Waals surface area (Å²) in [6.45, 7) is 9.03. The van der Waals surface area contributed by atoms with E-state index in [1.165, 1.54) is 7.11 Å². The molecule has 0 spiro atoms. The normalized spacial score (nSPS) is 15.5. The van der Waals surface area contributed by atoms with Crippen molar-refractivity contribution in [3.8, 4) is 0 Å². The van der Waals surface area contributed by atoms with Crippen molar-refractivity contribution in [2.24, 2.45) is 0 Å². The van der Waals surface area contributed by atoms with Crippen LogP contribution in [0.3, 0.4) is 0 Å². The zero-order valence-electron chi connectivity index (χ0n) is 9.53. The van der Waals surface area contributed by atoms with E-state index in [1.54, 1.807) is 20.0 Å². The standard InChI is InChI=1S/C4H11O2P.C4H11OP/c1-4-7(3,5)6-2;1-4-6(2,3)5/h4H2,1-3H3;4H2,1-3H3. The second-order valence-corrected chi connectivity index (χ2v) is 10.2. The Bertz CT molecular complexity index is 199. The van der Waals surface area contributed by atoms with Crippen molar-refractivity contribution in [3.63, 3.8) is 0 Å². The first kappa shape index (κ1) is 15.9. The molecular formula is C8H22O3P2. The zero-order chi connectivity index (χ0) is 11.1. The van der Waals surface area contributed by atoms with Crippen LogP contribution >= 0.6 is 14.5 Å². The molecule has 0 saturated carbocycles. The largest absolute Gasteiger partial charge is 0.332 e. The predicted molar refractivity (Wildman–Crippen MR) is 61.1 cm³/mol. The van der Waals surface area contributed by atoms with Gasteiger partial charge in [0, 0.05) is 19.9 Å². The highest BCUT2D eigenvalue weighted by atomic mass is 31.2. The molecule has 5 heteroatoms. The van der Waals surface area contributed by atoms with Crippen LogP contribution in [0.15, 0.2) is 0 Å². The Balaban J connectivity index is 0. The van der Waals surface area contributed by atoms with E-state index in [2.05, 4.69) is 4.52 Å². The van der Waals surface area contributed by atoms with E-state index in [1.807, 2.05) is 13.8 Å². The summed E-state index contributed by atoms with van der Waals surface area (Å²) in [6.07, 6.45) is 1.45. The van der Waals surface area contributed by atoms with Gasteiger partial charge in [-0.2, -0.15) is 0 Å². The fourth-order valence-electron chi connectivity index (χ4n) is 0.129. The summed E-state index contributed by atoms with van der Waals surface area (Å²) in [7, 11) is -2.32. The smallest absolute Gasteiger partial charge is 0.199 e. The molecule has 0 aromatic heterocycles. The Kier molecular flexibility index (Phi) is 8.32. The minimum atomic E-state index is -2.15. The second kappa shape index (κ2) is 6.81. The Morgan fingerprint density at radius 2 is 1.31 bits per heavy atom. The highest BCUT2D eigenvalue weighted by Gasteiger charge is 2.07. The van der Waals surface area contributed by atoms with Crippen molar-refractivity contribution in [2.75, 3.05) is 39.4 Å². The summed E-state index contributed by atoms with van der Waals surface area (Å²) in [5, 5.41) is 0. The average Bonchev–Trinajstić information content (AvgIpc) is 2.04. The topological polar surface area (TPSA) is 43.4 Å². The van der Waals surface area contributed by atoms with E-state index in [-0.39, 0.29) is 0 Å². The molecule has 1 unspecified atom stereocenters. The van der Waals surface area contributed by atoms with Crippen LogP contribution < -0.4 is 0 Å². The minimum Gasteiger partial charge on any atom is -0.332 e. The first-order valence-corrected chi connectivity index (χ1v) is 9.39. The van der Waals surface area contributed by atoms with Crippen LogP contribution in [-0.4, -0.2) is 39.4 Å². The van der Waals surface area contributed by atoms with Gasteiger partial charge in [-0.1, -0.05) is 13.8 Å². The molecule has 0 aliphatic rings. The monoisotopic (exact) mass is 228 g/mol. The lowest BCUT2D eigenvalue weighted by atomic mass is 11.0. The Morgan fingerprint density at radius 1 is 1.00 bits per heavy atom. The van der Waals surface area contributed by atoms with Crippen LogP contribution in [0, 0.1) is 0 Å². The van der Waals surface area contributed by atoms with Gasteiger partial charge in [0.05, 0.1) is 7.14 Å². The summed E-state index contributed by atoms with van der Waals surface area (Å²) >= 11 is 0. The fraction of sp³-hybridized carbons (Fsp3) is 1.00. The maximum absolute atomic E-state index is 10.7.